The summed E-state index contributed by atoms with van der Waals surface area (Å²) in [6.45, 7) is 0. The second-order valence-electron chi connectivity index (χ2n) is 4.48. The van der Waals surface area contributed by atoms with Crippen LogP contribution in [0.5, 0.6) is 0 Å². The molecule has 0 aliphatic rings. The minimum absolute atomic E-state index is 0.101. The lowest BCUT2D eigenvalue weighted by Gasteiger charge is -2.06. The van der Waals surface area contributed by atoms with E-state index in [1.165, 1.54) is 12.1 Å². The van der Waals surface area contributed by atoms with Gasteiger partial charge in [-0.25, -0.2) is 0 Å². The van der Waals surface area contributed by atoms with Crippen LogP contribution < -0.4 is 5.32 Å². The van der Waals surface area contributed by atoms with E-state index in [1.807, 2.05) is 0 Å². The fraction of sp³-hybridized carbons (Fsp3) is 0.0667. The van der Waals surface area contributed by atoms with Crippen LogP contribution in [0, 0.1) is 0 Å². The van der Waals surface area contributed by atoms with Crippen LogP contribution in [0.15, 0.2) is 59.5 Å². The lowest BCUT2D eigenvalue weighted by molar-refractivity contribution is -0.115. The van der Waals surface area contributed by atoms with E-state index in [4.69, 9.17) is 0 Å². The molecule has 0 radical (unpaired) electrons. The maximum absolute atomic E-state index is 12.9. The van der Waals surface area contributed by atoms with Crippen molar-refractivity contribution in [1.82, 2.24) is 0 Å². The summed E-state index contributed by atoms with van der Waals surface area (Å²) in [6, 6.07) is 13.0. The van der Waals surface area contributed by atoms with Crippen LogP contribution in [0.25, 0.3) is 0 Å². The molecule has 0 heterocycles. The molecular formula is C15H12FNO4S. The second-order valence-corrected chi connectivity index (χ2v) is 5.83. The van der Waals surface area contributed by atoms with Crippen LogP contribution in [0.1, 0.15) is 16.8 Å². The van der Waals surface area contributed by atoms with Gasteiger partial charge in [0.25, 0.3) is 0 Å². The third-order valence-electron chi connectivity index (χ3n) is 2.82. The van der Waals surface area contributed by atoms with E-state index < -0.39 is 27.4 Å². The fourth-order valence-electron chi connectivity index (χ4n) is 1.80. The van der Waals surface area contributed by atoms with E-state index in [-0.39, 0.29) is 11.5 Å². The standard InChI is InChI=1S/C15H12FNO4S/c16-22(20,21)13-8-4-7-12(9-13)17-15(19)10-14(18)11-5-2-1-3-6-11/h1-9H,10H2,(H,17,19). The maximum atomic E-state index is 12.9. The first-order chi connectivity index (χ1) is 10.4. The first-order valence-electron chi connectivity index (χ1n) is 6.29. The normalized spacial score (nSPS) is 11.0. The highest BCUT2D eigenvalue weighted by molar-refractivity contribution is 7.86. The van der Waals surface area contributed by atoms with Crippen LogP contribution in [-0.4, -0.2) is 20.1 Å². The monoisotopic (exact) mass is 321 g/mol. The molecule has 2 rings (SSSR count). The predicted molar refractivity (Wildman–Crippen MR) is 78.8 cm³/mol. The first kappa shape index (κ1) is 15.8. The number of rotatable bonds is 5. The van der Waals surface area contributed by atoms with Crippen LogP contribution in [0.3, 0.4) is 0 Å². The predicted octanol–water partition coefficient (Wildman–Crippen LogP) is 2.56. The molecule has 1 N–H and O–H groups in total. The minimum atomic E-state index is -4.85. The maximum Gasteiger partial charge on any atom is 0.332 e. The van der Waals surface area contributed by atoms with Gasteiger partial charge in [0.05, 0.1) is 6.42 Å². The van der Waals surface area contributed by atoms with E-state index in [2.05, 4.69) is 5.32 Å². The van der Waals surface area contributed by atoms with Gasteiger partial charge < -0.3 is 5.32 Å². The number of anilines is 1. The van der Waals surface area contributed by atoms with Crippen molar-refractivity contribution in [1.29, 1.82) is 0 Å². The Balaban J connectivity index is 2.05. The van der Waals surface area contributed by atoms with Crippen molar-refractivity contribution in [3.05, 3.63) is 60.2 Å². The summed E-state index contributed by atoms with van der Waals surface area (Å²) in [6.07, 6.45) is -0.392. The fourth-order valence-corrected chi connectivity index (χ4v) is 2.31. The Bertz CT molecular complexity index is 803. The summed E-state index contributed by atoms with van der Waals surface area (Å²) in [5.74, 6) is -0.977. The second kappa shape index (κ2) is 6.48. The molecule has 0 saturated carbocycles. The number of Topliss-reactive ketones (excluding diaryl/α,β-unsaturated/α-hetero) is 1. The van der Waals surface area contributed by atoms with Crippen LogP contribution >= 0.6 is 0 Å². The van der Waals surface area contributed by atoms with Gasteiger partial charge in [-0.1, -0.05) is 36.4 Å². The van der Waals surface area contributed by atoms with Crippen LogP contribution in [0.4, 0.5) is 9.57 Å². The van der Waals surface area contributed by atoms with Crippen LogP contribution in [-0.2, 0) is 15.0 Å². The topological polar surface area (TPSA) is 80.3 Å². The molecule has 114 valence electrons. The highest BCUT2D eigenvalue weighted by Gasteiger charge is 2.14. The number of carbonyl (C=O) groups is 2. The summed E-state index contributed by atoms with van der Waals surface area (Å²) in [7, 11) is -4.85. The Morgan fingerprint density at radius 3 is 2.32 bits per heavy atom. The molecule has 2 aromatic rings. The van der Waals surface area contributed by atoms with Crippen molar-refractivity contribution >= 4 is 27.6 Å². The number of ketones is 1. The van der Waals surface area contributed by atoms with E-state index >= 15 is 0 Å². The minimum Gasteiger partial charge on any atom is -0.326 e. The van der Waals surface area contributed by atoms with Gasteiger partial charge in [-0.15, -0.1) is 3.89 Å². The summed E-state index contributed by atoms with van der Waals surface area (Å²) in [5, 5.41) is 2.36. The Kier molecular flexibility index (Phi) is 4.67. The molecule has 0 aromatic heterocycles. The van der Waals surface area contributed by atoms with Crippen molar-refractivity contribution in [3.63, 3.8) is 0 Å². The summed E-state index contributed by atoms with van der Waals surface area (Å²) < 4.78 is 34.5. The smallest absolute Gasteiger partial charge is 0.326 e. The molecule has 1 amide bonds. The molecule has 0 unspecified atom stereocenters. The number of nitrogens with one attached hydrogen (secondary N) is 1. The molecule has 0 saturated heterocycles. The number of halogens is 1. The number of carbonyl (C=O) groups excluding carboxylic acids is 2. The van der Waals surface area contributed by atoms with E-state index in [9.17, 15) is 21.9 Å². The van der Waals surface area contributed by atoms with Crippen molar-refractivity contribution < 1.29 is 21.9 Å². The zero-order valence-electron chi connectivity index (χ0n) is 11.3. The van der Waals surface area contributed by atoms with Crippen molar-refractivity contribution in [2.75, 3.05) is 5.32 Å². The number of amides is 1. The number of benzene rings is 2. The lowest BCUT2D eigenvalue weighted by atomic mass is 10.1. The molecule has 0 aliphatic heterocycles. The van der Waals surface area contributed by atoms with Crippen molar-refractivity contribution in [2.24, 2.45) is 0 Å². The average molecular weight is 321 g/mol. The van der Waals surface area contributed by atoms with Gasteiger partial charge in [0.1, 0.15) is 4.90 Å². The molecule has 0 aliphatic carbocycles. The number of hydrogen-bond acceptors (Lipinski definition) is 4. The zero-order chi connectivity index (χ0) is 16.2. The Morgan fingerprint density at radius 2 is 1.68 bits per heavy atom. The molecule has 2 aromatic carbocycles. The Hall–Kier alpha value is -2.54. The van der Waals surface area contributed by atoms with E-state index in [0.717, 1.165) is 12.1 Å². The van der Waals surface area contributed by atoms with Gasteiger partial charge in [-0.2, -0.15) is 8.42 Å². The van der Waals surface area contributed by atoms with Crippen molar-refractivity contribution in [3.8, 4) is 0 Å². The number of hydrogen-bond donors (Lipinski definition) is 1. The third kappa shape index (κ3) is 4.23. The highest BCUT2D eigenvalue weighted by atomic mass is 32.3. The van der Waals surface area contributed by atoms with Gasteiger partial charge in [0.15, 0.2) is 5.78 Å². The molecule has 0 spiro atoms. The molecular weight excluding hydrogens is 309 g/mol. The lowest BCUT2D eigenvalue weighted by Crippen LogP contribution is -2.16. The summed E-state index contributed by atoms with van der Waals surface area (Å²) in [5.41, 5.74) is 0.502. The Labute approximate surface area is 127 Å². The largest absolute Gasteiger partial charge is 0.332 e. The van der Waals surface area contributed by atoms with Gasteiger partial charge in [0.2, 0.25) is 5.91 Å². The molecule has 5 nitrogen and oxygen atoms in total. The van der Waals surface area contributed by atoms with E-state index in [1.54, 1.807) is 30.3 Å². The Morgan fingerprint density at radius 1 is 1.00 bits per heavy atom. The molecule has 0 atom stereocenters. The van der Waals surface area contributed by atoms with Gasteiger partial charge in [-0.3, -0.25) is 9.59 Å². The molecule has 0 bridgehead atoms. The molecule has 22 heavy (non-hydrogen) atoms. The molecule has 7 heteroatoms. The summed E-state index contributed by atoms with van der Waals surface area (Å²) >= 11 is 0. The van der Waals surface area contributed by atoms with Gasteiger partial charge in [0, 0.05) is 11.3 Å². The zero-order valence-corrected chi connectivity index (χ0v) is 12.1. The van der Waals surface area contributed by atoms with E-state index in [0.29, 0.717) is 5.56 Å². The SMILES string of the molecule is O=C(CC(=O)c1ccccc1)Nc1cccc(S(=O)(=O)F)c1. The third-order valence-corrected chi connectivity index (χ3v) is 3.63. The van der Waals surface area contributed by atoms with Crippen LogP contribution in [0.2, 0.25) is 0 Å². The average Bonchev–Trinajstić information content (AvgIpc) is 2.47. The quantitative estimate of drug-likeness (QED) is 0.521. The molecule has 0 fully saturated rings. The van der Waals surface area contributed by atoms with Gasteiger partial charge in [-0.05, 0) is 18.2 Å². The first-order valence-corrected chi connectivity index (χ1v) is 7.67. The highest BCUT2D eigenvalue weighted by Crippen LogP contribution is 2.17. The van der Waals surface area contributed by atoms with Crippen molar-refractivity contribution in [2.45, 2.75) is 11.3 Å². The van der Waals surface area contributed by atoms with Gasteiger partial charge >= 0.3 is 10.2 Å². The summed E-state index contributed by atoms with van der Waals surface area (Å²) in [4.78, 5) is 23.1.